The number of amides is 2. The number of halogens is 1. The Balaban J connectivity index is 1.50. The van der Waals surface area contributed by atoms with Gasteiger partial charge in [0, 0.05) is 43.8 Å². The van der Waals surface area contributed by atoms with Crippen molar-refractivity contribution >= 4 is 33.3 Å². The van der Waals surface area contributed by atoms with Gasteiger partial charge in [-0.1, -0.05) is 25.2 Å². The number of hydrogen-bond acceptors (Lipinski definition) is 6. The molecule has 0 saturated carbocycles. The van der Waals surface area contributed by atoms with Gasteiger partial charge in [-0.2, -0.15) is 4.52 Å². The summed E-state index contributed by atoms with van der Waals surface area (Å²) in [6.45, 7) is 14.0. The Hall–Kier alpha value is -2.88. The molecular weight excluding hydrogens is 453 g/mol. The van der Waals surface area contributed by atoms with E-state index in [1.54, 1.807) is 12.1 Å². The van der Waals surface area contributed by atoms with Crippen LogP contribution in [0.4, 0.5) is 20.1 Å². The first-order valence-electron chi connectivity index (χ1n) is 11.8. The predicted octanol–water partition coefficient (Wildman–Crippen LogP) is 4.69. The van der Waals surface area contributed by atoms with Crippen molar-refractivity contribution in [1.29, 1.82) is 0 Å². The molecule has 3 heterocycles. The summed E-state index contributed by atoms with van der Waals surface area (Å²) in [6, 6.07) is 6.38. The largest absolute Gasteiger partial charge is 0.364 e. The lowest BCUT2D eigenvalue weighted by Crippen LogP contribution is -2.52. The van der Waals surface area contributed by atoms with Gasteiger partial charge in [0.05, 0.1) is 0 Å². The fourth-order valence-electron chi connectivity index (χ4n) is 3.82. The average Bonchev–Trinajstić information content (AvgIpc) is 3.32. The average molecular weight is 488 g/mol. The van der Waals surface area contributed by atoms with Gasteiger partial charge in [-0.25, -0.2) is 14.2 Å². The number of piperazine rings is 1. The molecule has 1 aromatic carbocycles. The third-order valence-electron chi connectivity index (χ3n) is 5.64. The first-order chi connectivity index (χ1) is 16.1. The van der Waals surface area contributed by atoms with Crippen molar-refractivity contribution in [2.45, 2.75) is 46.6 Å². The number of urea groups is 1. The van der Waals surface area contributed by atoms with E-state index in [-0.39, 0.29) is 17.4 Å². The topological polar surface area (TPSA) is 77.8 Å². The van der Waals surface area contributed by atoms with E-state index >= 15 is 0 Å². The van der Waals surface area contributed by atoms with E-state index in [1.165, 1.54) is 23.5 Å². The Morgan fingerprint density at radius 3 is 2.44 bits per heavy atom. The van der Waals surface area contributed by atoms with E-state index in [9.17, 15) is 9.18 Å². The number of carbonyl (C=O) groups is 1. The second kappa shape index (κ2) is 9.77. The molecule has 3 aromatic rings. The minimum atomic E-state index is -0.275. The minimum absolute atomic E-state index is 0.00912. The Kier molecular flexibility index (Phi) is 6.97. The zero-order valence-corrected chi connectivity index (χ0v) is 21.4. The van der Waals surface area contributed by atoms with E-state index in [0.29, 0.717) is 25.6 Å². The maximum atomic E-state index is 13.5. The maximum Gasteiger partial charge on any atom is 0.317 e. The van der Waals surface area contributed by atoms with Crippen LogP contribution in [0.15, 0.2) is 24.3 Å². The fourth-order valence-corrected chi connectivity index (χ4v) is 4.78. The molecule has 2 N–H and O–H groups in total. The van der Waals surface area contributed by atoms with Crippen LogP contribution in [0.2, 0.25) is 0 Å². The summed E-state index contributed by atoms with van der Waals surface area (Å²) in [5.74, 6) is 1.09. The van der Waals surface area contributed by atoms with Crippen molar-refractivity contribution in [1.82, 2.24) is 24.8 Å². The zero-order chi connectivity index (χ0) is 24.5. The van der Waals surface area contributed by atoms with Crippen molar-refractivity contribution in [2.75, 3.05) is 42.9 Å². The third kappa shape index (κ3) is 5.60. The van der Waals surface area contributed by atoms with Crippen molar-refractivity contribution in [3.63, 3.8) is 0 Å². The second-order valence-corrected chi connectivity index (χ2v) is 11.1. The highest BCUT2D eigenvalue weighted by atomic mass is 32.1. The molecule has 2 aromatic heterocycles. The van der Waals surface area contributed by atoms with Crippen molar-refractivity contribution in [3.8, 4) is 11.3 Å². The van der Waals surface area contributed by atoms with Crippen LogP contribution in [0.3, 0.4) is 0 Å². The molecule has 0 aliphatic carbocycles. The summed E-state index contributed by atoms with van der Waals surface area (Å²) in [5, 5.41) is 12.3. The number of nitrogens with one attached hydrogen (secondary N) is 2. The molecule has 0 radical (unpaired) electrons. The number of rotatable bonds is 6. The molecule has 2 amide bonds. The molecule has 10 heteroatoms. The van der Waals surface area contributed by atoms with Gasteiger partial charge in [-0.05, 0) is 57.4 Å². The number of aromatic nitrogens is 3. The van der Waals surface area contributed by atoms with Crippen LogP contribution < -0.4 is 15.5 Å². The number of carbonyl (C=O) groups excluding carboxylic acids is 1. The Bertz CT molecular complexity index is 1120. The number of anilines is 2. The molecule has 1 aliphatic rings. The number of benzene rings is 1. The maximum absolute atomic E-state index is 13.5. The van der Waals surface area contributed by atoms with Crippen LogP contribution in [0.5, 0.6) is 0 Å². The number of hydrogen-bond donors (Lipinski definition) is 2. The number of nitrogens with zero attached hydrogens (tertiary/aromatic N) is 5. The summed E-state index contributed by atoms with van der Waals surface area (Å²) >= 11 is 1.52. The first kappa shape index (κ1) is 24.3. The van der Waals surface area contributed by atoms with Crippen molar-refractivity contribution in [3.05, 3.63) is 30.1 Å². The Morgan fingerprint density at radius 2 is 1.82 bits per heavy atom. The second-order valence-electron chi connectivity index (χ2n) is 10.2. The molecular formula is C24H34FN7OS. The Morgan fingerprint density at radius 1 is 1.15 bits per heavy atom. The van der Waals surface area contributed by atoms with Gasteiger partial charge in [0.25, 0.3) is 0 Å². The van der Waals surface area contributed by atoms with Gasteiger partial charge in [0.2, 0.25) is 10.1 Å². The Labute approximate surface area is 204 Å². The summed E-state index contributed by atoms with van der Waals surface area (Å²) in [6.07, 6.45) is 0.982. The van der Waals surface area contributed by atoms with Gasteiger partial charge >= 0.3 is 6.03 Å². The molecule has 1 aliphatic heterocycles. The van der Waals surface area contributed by atoms with Crippen LogP contribution in [-0.4, -0.2) is 63.8 Å². The van der Waals surface area contributed by atoms with E-state index < -0.39 is 0 Å². The smallest absolute Gasteiger partial charge is 0.317 e. The lowest BCUT2D eigenvalue weighted by molar-refractivity contribution is 0.194. The molecule has 1 fully saturated rings. The van der Waals surface area contributed by atoms with Gasteiger partial charge in [-0.15, -0.1) is 5.10 Å². The SMILES string of the molecule is CC(C)CCNC(=O)N1CCN(c2nn3c(NC(C)(C)C)c(-c4ccc(F)cc4)nc3s2)CC1. The van der Waals surface area contributed by atoms with Crippen LogP contribution in [0.1, 0.15) is 41.0 Å². The molecule has 34 heavy (non-hydrogen) atoms. The van der Waals surface area contributed by atoms with Crippen molar-refractivity contribution < 1.29 is 9.18 Å². The van der Waals surface area contributed by atoms with Crippen LogP contribution in [0, 0.1) is 11.7 Å². The molecule has 4 rings (SSSR count). The standard InChI is InChI=1S/C24H34FN7OS/c1-16(2)10-11-26-21(33)30-12-14-31(15-13-30)23-29-32-20(28-24(3,4)5)19(27-22(32)34-23)17-6-8-18(25)9-7-17/h6-9,16,28H,10-15H2,1-5H3,(H,26,33). The van der Waals surface area contributed by atoms with Crippen molar-refractivity contribution in [2.24, 2.45) is 5.92 Å². The lowest BCUT2D eigenvalue weighted by atomic mass is 10.1. The molecule has 0 atom stereocenters. The molecule has 0 spiro atoms. The zero-order valence-electron chi connectivity index (χ0n) is 20.6. The normalized spacial score (nSPS) is 14.8. The summed E-state index contributed by atoms with van der Waals surface area (Å²) < 4.78 is 15.3. The molecule has 184 valence electrons. The highest BCUT2D eigenvalue weighted by Gasteiger charge is 2.26. The summed E-state index contributed by atoms with van der Waals surface area (Å²) in [7, 11) is 0. The molecule has 0 unspecified atom stereocenters. The number of imidazole rings is 1. The van der Waals surface area contributed by atoms with Gasteiger partial charge in [0.1, 0.15) is 11.5 Å². The van der Waals surface area contributed by atoms with Crippen LogP contribution in [0.25, 0.3) is 16.2 Å². The monoisotopic (exact) mass is 487 g/mol. The summed E-state index contributed by atoms with van der Waals surface area (Å²) in [5.41, 5.74) is 1.39. The predicted molar refractivity (Wildman–Crippen MR) is 136 cm³/mol. The highest BCUT2D eigenvalue weighted by molar-refractivity contribution is 7.20. The van der Waals surface area contributed by atoms with Crippen LogP contribution >= 0.6 is 11.3 Å². The number of fused-ring (bicyclic) bond motifs is 1. The quantitative estimate of drug-likeness (QED) is 0.528. The van der Waals surface area contributed by atoms with Gasteiger partial charge < -0.3 is 20.4 Å². The van der Waals surface area contributed by atoms with Gasteiger partial charge in [0.15, 0.2) is 5.82 Å². The third-order valence-corrected chi connectivity index (χ3v) is 6.61. The van der Waals surface area contributed by atoms with Crippen LogP contribution in [-0.2, 0) is 0 Å². The van der Waals surface area contributed by atoms with E-state index in [4.69, 9.17) is 10.1 Å². The minimum Gasteiger partial charge on any atom is -0.364 e. The van der Waals surface area contributed by atoms with E-state index in [0.717, 1.165) is 46.7 Å². The first-order valence-corrected chi connectivity index (χ1v) is 12.6. The molecule has 8 nitrogen and oxygen atoms in total. The lowest BCUT2D eigenvalue weighted by Gasteiger charge is -2.34. The fraction of sp³-hybridized carbons (Fsp3) is 0.542. The van der Waals surface area contributed by atoms with E-state index in [2.05, 4.69) is 50.2 Å². The summed E-state index contributed by atoms with van der Waals surface area (Å²) in [4.78, 5) is 22.1. The molecule has 0 bridgehead atoms. The van der Waals surface area contributed by atoms with Gasteiger partial charge in [-0.3, -0.25) is 0 Å². The molecule has 1 saturated heterocycles. The highest BCUT2D eigenvalue weighted by Crippen LogP contribution is 2.35. The van der Waals surface area contributed by atoms with E-state index in [1.807, 2.05) is 9.42 Å².